The van der Waals surface area contributed by atoms with E-state index in [1.165, 1.54) is 0 Å². The lowest BCUT2D eigenvalue weighted by Gasteiger charge is -2.33. The average molecular weight is 576 g/mol. The van der Waals surface area contributed by atoms with Crippen molar-refractivity contribution in [1.29, 1.82) is 0 Å². The predicted molar refractivity (Wildman–Crippen MR) is 174 cm³/mol. The molecule has 5 rings (SSSR count). The van der Waals surface area contributed by atoms with Crippen LogP contribution in [0.5, 0.6) is 0 Å². The maximum atomic E-state index is 13.3. The third-order valence-corrected chi connectivity index (χ3v) is 8.06. The molecule has 0 aliphatic carbocycles. The molecule has 4 aromatic rings. The zero-order valence-electron chi connectivity index (χ0n) is 24.9. The summed E-state index contributed by atoms with van der Waals surface area (Å²) in [6.45, 7) is 5.79. The van der Waals surface area contributed by atoms with Crippen LogP contribution >= 0.6 is 0 Å². The number of anilines is 2. The summed E-state index contributed by atoms with van der Waals surface area (Å²) < 4.78 is 0. The van der Waals surface area contributed by atoms with Crippen LogP contribution < -0.4 is 16.0 Å². The fraction of sp³-hybridized carbons (Fsp3) is 0.306. The number of carbonyl (C=O) groups is 2. The Kier molecular flexibility index (Phi) is 10.2. The molecule has 7 heteroatoms. The second-order valence-corrected chi connectivity index (χ2v) is 11.4. The summed E-state index contributed by atoms with van der Waals surface area (Å²) in [4.78, 5) is 34.8. The smallest absolute Gasteiger partial charge is 0.255 e. The molecule has 1 aliphatic heterocycles. The monoisotopic (exact) mass is 575 g/mol. The van der Waals surface area contributed by atoms with Gasteiger partial charge in [0.25, 0.3) is 5.91 Å². The summed E-state index contributed by atoms with van der Waals surface area (Å²) in [6, 6.07) is 28.0. The van der Waals surface area contributed by atoms with Crippen LogP contribution in [0.4, 0.5) is 11.4 Å². The summed E-state index contributed by atoms with van der Waals surface area (Å²) in [6.07, 6.45) is 6.58. The zero-order valence-corrected chi connectivity index (χ0v) is 24.9. The van der Waals surface area contributed by atoms with Crippen LogP contribution in [0.15, 0.2) is 97.3 Å². The second-order valence-electron chi connectivity index (χ2n) is 11.4. The fourth-order valence-electron chi connectivity index (χ4n) is 5.59. The first kappa shape index (κ1) is 30.0. The Labute approximate surface area is 254 Å². The van der Waals surface area contributed by atoms with Crippen molar-refractivity contribution in [3.63, 3.8) is 0 Å². The van der Waals surface area contributed by atoms with Crippen LogP contribution in [0, 0.1) is 5.92 Å². The Bertz CT molecular complexity index is 1500. The largest absolute Gasteiger partial charge is 0.370 e. The Hall–Kier alpha value is -4.49. The van der Waals surface area contributed by atoms with E-state index in [-0.39, 0.29) is 11.8 Å². The Morgan fingerprint density at radius 1 is 0.930 bits per heavy atom. The van der Waals surface area contributed by atoms with E-state index in [0.717, 1.165) is 59.6 Å². The number of nitrogens with two attached hydrogens (primary N) is 1. The summed E-state index contributed by atoms with van der Waals surface area (Å²) >= 11 is 0. The van der Waals surface area contributed by atoms with Crippen molar-refractivity contribution in [2.75, 3.05) is 36.4 Å². The molecule has 3 N–H and O–H groups in total. The first-order chi connectivity index (χ1) is 21.0. The molecule has 2 amide bonds. The quantitative estimate of drug-likeness (QED) is 0.224. The van der Waals surface area contributed by atoms with Crippen molar-refractivity contribution in [3.05, 3.63) is 114 Å². The average Bonchev–Trinajstić information content (AvgIpc) is 3.04. The van der Waals surface area contributed by atoms with Crippen molar-refractivity contribution in [1.82, 2.24) is 9.88 Å². The minimum Gasteiger partial charge on any atom is -0.370 e. The van der Waals surface area contributed by atoms with E-state index in [0.29, 0.717) is 44.0 Å². The SMILES string of the molecule is CC1CCN(c2ccc(-c3cccc(CN(CCCN)C(=O)c4cccnc4)c3)cc2NC(=O)Cc2ccccc2)CC1. The van der Waals surface area contributed by atoms with E-state index in [1.54, 1.807) is 24.5 Å². The standard InChI is InChI=1S/C36H41N5O2/c1-27-15-20-40(21-16-27)34-14-13-31(24-33(34)39-35(42)23-28-8-3-2-4-9-28)30-11-5-10-29(22-30)26-41(19-7-17-37)36(43)32-12-6-18-38-25-32/h2-6,8-14,18,22,24-25,27H,7,15-17,19-21,23,26,37H2,1H3,(H,39,42). The van der Waals surface area contributed by atoms with Crippen molar-refractivity contribution < 1.29 is 9.59 Å². The molecule has 1 fully saturated rings. The lowest BCUT2D eigenvalue weighted by atomic mass is 9.97. The van der Waals surface area contributed by atoms with Crippen LogP contribution in [0.3, 0.4) is 0 Å². The number of amides is 2. The molecular formula is C36H41N5O2. The third-order valence-electron chi connectivity index (χ3n) is 8.06. The van der Waals surface area contributed by atoms with Crippen molar-refractivity contribution in [3.8, 4) is 11.1 Å². The van der Waals surface area contributed by atoms with Gasteiger partial charge in [-0.15, -0.1) is 0 Å². The van der Waals surface area contributed by atoms with Gasteiger partial charge in [-0.3, -0.25) is 14.6 Å². The Morgan fingerprint density at radius 3 is 2.44 bits per heavy atom. The summed E-state index contributed by atoms with van der Waals surface area (Å²) in [5, 5.41) is 3.23. The minimum absolute atomic E-state index is 0.0341. The lowest BCUT2D eigenvalue weighted by Crippen LogP contribution is -2.33. The molecule has 222 valence electrons. The molecule has 0 spiro atoms. The zero-order chi connectivity index (χ0) is 30.0. The number of aromatic nitrogens is 1. The van der Waals surface area contributed by atoms with Gasteiger partial charge in [0.2, 0.25) is 5.91 Å². The highest BCUT2D eigenvalue weighted by atomic mass is 16.2. The van der Waals surface area contributed by atoms with Gasteiger partial charge in [-0.05, 0) is 84.3 Å². The van der Waals surface area contributed by atoms with E-state index in [9.17, 15) is 9.59 Å². The first-order valence-corrected chi connectivity index (χ1v) is 15.2. The van der Waals surface area contributed by atoms with Gasteiger partial charge in [0.05, 0.1) is 23.4 Å². The fourth-order valence-corrected chi connectivity index (χ4v) is 5.59. The molecular weight excluding hydrogens is 534 g/mol. The molecule has 1 aliphatic rings. The number of pyridine rings is 1. The van der Waals surface area contributed by atoms with Gasteiger partial charge in [-0.2, -0.15) is 0 Å². The highest BCUT2D eigenvalue weighted by Gasteiger charge is 2.21. The van der Waals surface area contributed by atoms with Crippen LogP contribution in [0.1, 0.15) is 47.7 Å². The summed E-state index contributed by atoms with van der Waals surface area (Å²) in [7, 11) is 0. The number of hydrogen-bond donors (Lipinski definition) is 2. The van der Waals surface area contributed by atoms with Crippen molar-refractivity contribution in [2.45, 2.75) is 39.2 Å². The van der Waals surface area contributed by atoms with Gasteiger partial charge in [0.1, 0.15) is 0 Å². The van der Waals surface area contributed by atoms with Crippen molar-refractivity contribution >= 4 is 23.2 Å². The van der Waals surface area contributed by atoms with Crippen LogP contribution in [0.25, 0.3) is 11.1 Å². The minimum atomic E-state index is -0.0597. The van der Waals surface area contributed by atoms with E-state index in [1.807, 2.05) is 47.4 Å². The van der Waals surface area contributed by atoms with Crippen LogP contribution in [-0.4, -0.2) is 47.9 Å². The van der Waals surface area contributed by atoms with Gasteiger partial charge in [0, 0.05) is 38.6 Å². The van der Waals surface area contributed by atoms with Crippen LogP contribution in [0.2, 0.25) is 0 Å². The molecule has 0 unspecified atom stereocenters. The molecule has 43 heavy (non-hydrogen) atoms. The number of rotatable bonds is 11. The highest BCUT2D eigenvalue weighted by Crippen LogP contribution is 2.34. The van der Waals surface area contributed by atoms with E-state index < -0.39 is 0 Å². The predicted octanol–water partition coefficient (Wildman–Crippen LogP) is 6.16. The number of hydrogen-bond acceptors (Lipinski definition) is 5. The number of piperidine rings is 1. The molecule has 0 bridgehead atoms. The van der Waals surface area contributed by atoms with Crippen LogP contribution in [-0.2, 0) is 17.8 Å². The molecule has 1 aromatic heterocycles. The van der Waals surface area contributed by atoms with Gasteiger partial charge in [-0.25, -0.2) is 0 Å². The first-order valence-electron chi connectivity index (χ1n) is 15.2. The lowest BCUT2D eigenvalue weighted by molar-refractivity contribution is -0.115. The molecule has 0 radical (unpaired) electrons. The Balaban J connectivity index is 1.40. The topological polar surface area (TPSA) is 91.6 Å². The van der Waals surface area contributed by atoms with Gasteiger partial charge < -0.3 is 20.9 Å². The molecule has 0 atom stereocenters. The van der Waals surface area contributed by atoms with Gasteiger partial charge in [0.15, 0.2) is 0 Å². The maximum absolute atomic E-state index is 13.3. The number of carbonyl (C=O) groups excluding carboxylic acids is 2. The third kappa shape index (κ3) is 8.08. The van der Waals surface area contributed by atoms with E-state index in [2.05, 4.69) is 52.5 Å². The summed E-state index contributed by atoms with van der Waals surface area (Å²) in [5.41, 5.74) is 12.3. The molecule has 3 aromatic carbocycles. The molecule has 7 nitrogen and oxygen atoms in total. The second kappa shape index (κ2) is 14.6. The van der Waals surface area contributed by atoms with E-state index in [4.69, 9.17) is 5.73 Å². The number of benzene rings is 3. The normalized spacial score (nSPS) is 13.5. The number of nitrogens with one attached hydrogen (secondary N) is 1. The number of nitrogens with zero attached hydrogens (tertiary/aromatic N) is 3. The van der Waals surface area contributed by atoms with Gasteiger partial charge in [-0.1, -0.05) is 61.5 Å². The van der Waals surface area contributed by atoms with Gasteiger partial charge >= 0.3 is 0 Å². The summed E-state index contributed by atoms with van der Waals surface area (Å²) in [5.74, 6) is 0.618. The Morgan fingerprint density at radius 2 is 1.70 bits per heavy atom. The molecule has 1 saturated heterocycles. The maximum Gasteiger partial charge on any atom is 0.255 e. The van der Waals surface area contributed by atoms with Crippen molar-refractivity contribution in [2.24, 2.45) is 11.7 Å². The molecule has 0 saturated carbocycles. The molecule has 2 heterocycles. The van der Waals surface area contributed by atoms with E-state index >= 15 is 0 Å². The highest BCUT2D eigenvalue weighted by molar-refractivity contribution is 5.97.